The molecule has 4 heteroatoms. The Hall–Kier alpha value is -2.36. The molecule has 0 radical (unpaired) electrons. The Morgan fingerprint density at radius 1 is 1.39 bits per heavy atom. The van der Waals surface area contributed by atoms with Gasteiger partial charge >= 0.3 is 5.97 Å². The normalized spacial score (nSPS) is 10.7. The highest BCUT2D eigenvalue weighted by molar-refractivity contribution is 5.72. The summed E-state index contributed by atoms with van der Waals surface area (Å²) in [6.07, 6.45) is 7.54. The number of hydrogen-bond acceptors (Lipinski definition) is 3. The largest absolute Gasteiger partial charge is 0.469 e. The quantitative estimate of drug-likeness (QED) is 0.773. The number of carbonyl (C=O) groups excluding carboxylic acids is 1. The maximum absolute atomic E-state index is 10.9. The number of esters is 1. The lowest BCUT2D eigenvalue weighted by Gasteiger charge is -1.98. The summed E-state index contributed by atoms with van der Waals surface area (Å²) >= 11 is 0. The number of benzene rings is 1. The first-order valence-corrected chi connectivity index (χ1v) is 5.63. The van der Waals surface area contributed by atoms with Crippen molar-refractivity contribution >= 4 is 12.0 Å². The number of methoxy groups -OCH3 is 1. The third-order valence-corrected chi connectivity index (χ3v) is 2.45. The first-order valence-electron chi connectivity index (χ1n) is 5.63. The molecule has 1 aromatic carbocycles. The summed E-state index contributed by atoms with van der Waals surface area (Å²) in [5, 5.41) is 4.25. The van der Waals surface area contributed by atoms with E-state index in [0.717, 1.165) is 11.3 Å². The molecule has 2 rings (SSSR count). The molecule has 0 bridgehead atoms. The second-order valence-electron chi connectivity index (χ2n) is 3.74. The van der Waals surface area contributed by atoms with Crippen molar-refractivity contribution < 1.29 is 9.53 Å². The molecule has 0 saturated heterocycles. The van der Waals surface area contributed by atoms with Crippen molar-refractivity contribution in [1.29, 1.82) is 0 Å². The van der Waals surface area contributed by atoms with E-state index in [-0.39, 0.29) is 12.4 Å². The Labute approximate surface area is 106 Å². The third-order valence-electron chi connectivity index (χ3n) is 2.45. The molecular formula is C14H14N2O2. The van der Waals surface area contributed by atoms with Crippen LogP contribution in [0.3, 0.4) is 0 Å². The van der Waals surface area contributed by atoms with Crippen LogP contribution in [-0.2, 0) is 9.53 Å². The highest BCUT2D eigenvalue weighted by atomic mass is 16.5. The van der Waals surface area contributed by atoms with Crippen LogP contribution >= 0.6 is 0 Å². The summed E-state index contributed by atoms with van der Waals surface area (Å²) in [6, 6.07) is 9.85. The average molecular weight is 242 g/mol. The van der Waals surface area contributed by atoms with Gasteiger partial charge in [-0.1, -0.05) is 30.4 Å². The number of aromatic nitrogens is 2. The van der Waals surface area contributed by atoms with E-state index < -0.39 is 0 Å². The summed E-state index contributed by atoms with van der Waals surface area (Å²) < 4.78 is 6.34. The van der Waals surface area contributed by atoms with E-state index in [1.165, 1.54) is 7.11 Å². The fraction of sp³-hybridized carbons (Fsp3) is 0.143. The number of carbonyl (C=O) groups is 1. The standard InChI is InChI=1S/C14H14N2O2/c1-18-14(17)9-5-6-12-10-15-16(11-12)13-7-3-2-4-8-13/h2-8,10-11H,9H2,1H3. The molecule has 0 atom stereocenters. The summed E-state index contributed by atoms with van der Waals surface area (Å²) in [6.45, 7) is 0. The molecule has 0 unspecified atom stereocenters. The van der Waals surface area contributed by atoms with E-state index in [9.17, 15) is 4.79 Å². The molecule has 0 saturated carbocycles. The van der Waals surface area contributed by atoms with Crippen LogP contribution < -0.4 is 0 Å². The summed E-state index contributed by atoms with van der Waals surface area (Å²) in [5.74, 6) is -0.248. The van der Waals surface area contributed by atoms with Crippen molar-refractivity contribution in [2.24, 2.45) is 0 Å². The van der Waals surface area contributed by atoms with E-state index in [0.29, 0.717) is 0 Å². The predicted octanol–water partition coefficient (Wildman–Crippen LogP) is 2.45. The molecule has 1 heterocycles. The number of hydrogen-bond donors (Lipinski definition) is 0. The van der Waals surface area contributed by atoms with Gasteiger partial charge in [0.1, 0.15) is 0 Å². The summed E-state index contributed by atoms with van der Waals surface area (Å²) in [7, 11) is 1.38. The monoisotopic (exact) mass is 242 g/mol. The Balaban J connectivity index is 2.05. The molecule has 0 aliphatic carbocycles. The van der Waals surface area contributed by atoms with Crippen LogP contribution in [0.25, 0.3) is 11.8 Å². The number of rotatable bonds is 4. The van der Waals surface area contributed by atoms with Crippen LogP contribution in [0, 0.1) is 0 Å². The van der Waals surface area contributed by atoms with Crippen LogP contribution in [0.5, 0.6) is 0 Å². The molecule has 0 aliphatic rings. The van der Waals surface area contributed by atoms with Gasteiger partial charge in [0.25, 0.3) is 0 Å². The van der Waals surface area contributed by atoms with Gasteiger partial charge in [0.2, 0.25) is 0 Å². The van der Waals surface area contributed by atoms with Crippen LogP contribution in [0.15, 0.2) is 48.8 Å². The Bertz CT molecular complexity index is 544. The van der Waals surface area contributed by atoms with Gasteiger partial charge in [-0.2, -0.15) is 5.10 Å². The van der Waals surface area contributed by atoms with Crippen molar-refractivity contribution in [3.63, 3.8) is 0 Å². The van der Waals surface area contributed by atoms with E-state index in [4.69, 9.17) is 0 Å². The van der Waals surface area contributed by atoms with Crippen LogP contribution in [0.2, 0.25) is 0 Å². The van der Waals surface area contributed by atoms with E-state index >= 15 is 0 Å². The highest BCUT2D eigenvalue weighted by Crippen LogP contribution is 2.08. The molecule has 0 fully saturated rings. The Morgan fingerprint density at radius 3 is 2.89 bits per heavy atom. The molecule has 0 aliphatic heterocycles. The Morgan fingerprint density at radius 2 is 2.17 bits per heavy atom. The van der Waals surface area contributed by atoms with Gasteiger partial charge < -0.3 is 4.74 Å². The number of ether oxygens (including phenoxy) is 1. The van der Waals surface area contributed by atoms with Crippen molar-refractivity contribution in [2.45, 2.75) is 6.42 Å². The zero-order valence-electron chi connectivity index (χ0n) is 10.1. The van der Waals surface area contributed by atoms with Gasteiger partial charge in [-0.3, -0.25) is 4.79 Å². The third kappa shape index (κ3) is 3.07. The first-order chi connectivity index (χ1) is 8.79. The van der Waals surface area contributed by atoms with Gasteiger partial charge in [0, 0.05) is 11.8 Å². The highest BCUT2D eigenvalue weighted by Gasteiger charge is 1.98. The zero-order chi connectivity index (χ0) is 12.8. The van der Waals surface area contributed by atoms with Gasteiger partial charge in [0.05, 0.1) is 25.4 Å². The van der Waals surface area contributed by atoms with Crippen LogP contribution in [-0.4, -0.2) is 22.9 Å². The lowest BCUT2D eigenvalue weighted by atomic mass is 10.3. The minimum atomic E-state index is -0.248. The maximum Gasteiger partial charge on any atom is 0.309 e. The molecular weight excluding hydrogens is 228 g/mol. The first kappa shape index (κ1) is 12.1. The van der Waals surface area contributed by atoms with Crippen molar-refractivity contribution in [1.82, 2.24) is 9.78 Å². The second-order valence-corrected chi connectivity index (χ2v) is 3.74. The molecule has 1 aromatic heterocycles. The van der Waals surface area contributed by atoms with Crippen molar-refractivity contribution in [3.8, 4) is 5.69 Å². The van der Waals surface area contributed by atoms with E-state index in [1.54, 1.807) is 17.0 Å². The fourth-order valence-corrected chi connectivity index (χ4v) is 1.52. The van der Waals surface area contributed by atoms with Gasteiger partial charge in [-0.05, 0) is 12.1 Å². The lowest BCUT2D eigenvalue weighted by Crippen LogP contribution is -1.96. The fourth-order valence-electron chi connectivity index (χ4n) is 1.52. The Kier molecular flexibility index (Phi) is 3.91. The van der Waals surface area contributed by atoms with Gasteiger partial charge in [-0.15, -0.1) is 0 Å². The van der Waals surface area contributed by atoms with E-state index in [2.05, 4.69) is 9.84 Å². The molecule has 0 amide bonds. The van der Waals surface area contributed by atoms with E-state index in [1.807, 2.05) is 42.6 Å². The smallest absolute Gasteiger partial charge is 0.309 e. The summed E-state index contributed by atoms with van der Waals surface area (Å²) in [5.41, 5.74) is 1.95. The topological polar surface area (TPSA) is 44.1 Å². The van der Waals surface area contributed by atoms with Crippen molar-refractivity contribution in [3.05, 3.63) is 54.4 Å². The number of nitrogens with zero attached hydrogens (tertiary/aromatic N) is 2. The minimum Gasteiger partial charge on any atom is -0.469 e. The predicted molar refractivity (Wildman–Crippen MR) is 69.2 cm³/mol. The minimum absolute atomic E-state index is 0.248. The van der Waals surface area contributed by atoms with Gasteiger partial charge in [0.15, 0.2) is 0 Å². The molecule has 0 spiro atoms. The molecule has 0 N–H and O–H groups in total. The zero-order valence-corrected chi connectivity index (χ0v) is 10.1. The van der Waals surface area contributed by atoms with Crippen molar-refractivity contribution in [2.75, 3.05) is 7.11 Å². The van der Waals surface area contributed by atoms with Crippen LogP contribution in [0.1, 0.15) is 12.0 Å². The van der Waals surface area contributed by atoms with Crippen LogP contribution in [0.4, 0.5) is 0 Å². The second kappa shape index (κ2) is 5.82. The molecule has 2 aromatic rings. The maximum atomic E-state index is 10.9. The molecule has 92 valence electrons. The molecule has 4 nitrogen and oxygen atoms in total. The van der Waals surface area contributed by atoms with Gasteiger partial charge in [-0.25, -0.2) is 4.68 Å². The average Bonchev–Trinajstić information content (AvgIpc) is 2.88. The summed E-state index contributed by atoms with van der Waals surface area (Å²) in [4.78, 5) is 10.9. The lowest BCUT2D eigenvalue weighted by molar-refractivity contribution is -0.139. The molecule has 18 heavy (non-hydrogen) atoms. The number of para-hydroxylation sites is 1. The SMILES string of the molecule is COC(=O)CC=Cc1cnn(-c2ccccc2)c1.